The molecule has 2 rings (SSSR count). The molecule has 2 heterocycles. The van der Waals surface area contributed by atoms with Crippen molar-refractivity contribution in [1.82, 2.24) is 14.5 Å². The number of likely N-dealkylation sites (tertiary alicyclic amines) is 1. The molecule has 1 atom stereocenters. The monoisotopic (exact) mass is 279 g/mol. The van der Waals surface area contributed by atoms with Crippen LogP contribution in [0.15, 0.2) is 12.4 Å². The van der Waals surface area contributed by atoms with Crippen LogP contribution in [0.25, 0.3) is 0 Å². The summed E-state index contributed by atoms with van der Waals surface area (Å²) in [6.07, 6.45) is 11.7. The van der Waals surface area contributed by atoms with Gasteiger partial charge in [-0.3, -0.25) is 4.90 Å². The molecule has 0 spiro atoms. The van der Waals surface area contributed by atoms with Gasteiger partial charge < -0.3 is 9.30 Å². The standard InChI is InChI=1S/C16H29N3O/c1-3-10-18-12-9-17-16(18)14-19-11-5-4-7-15(19)8-6-13-20-2/h9,12,15H,3-8,10-11,13-14H2,1-2H3/t15-/m1/s1. The van der Waals surface area contributed by atoms with E-state index in [4.69, 9.17) is 4.74 Å². The maximum absolute atomic E-state index is 5.19. The first-order chi connectivity index (χ1) is 9.85. The lowest BCUT2D eigenvalue weighted by atomic mass is 9.98. The highest BCUT2D eigenvalue weighted by atomic mass is 16.5. The van der Waals surface area contributed by atoms with Gasteiger partial charge in [0.15, 0.2) is 0 Å². The van der Waals surface area contributed by atoms with Crippen LogP contribution >= 0.6 is 0 Å². The molecule has 1 saturated heterocycles. The van der Waals surface area contributed by atoms with Crippen molar-refractivity contribution in [2.75, 3.05) is 20.3 Å². The van der Waals surface area contributed by atoms with Gasteiger partial charge in [0.25, 0.3) is 0 Å². The summed E-state index contributed by atoms with van der Waals surface area (Å²) in [7, 11) is 1.79. The molecule has 4 heteroatoms. The van der Waals surface area contributed by atoms with E-state index in [2.05, 4.69) is 27.6 Å². The van der Waals surface area contributed by atoms with Crippen molar-refractivity contribution in [3.8, 4) is 0 Å². The van der Waals surface area contributed by atoms with E-state index in [0.29, 0.717) is 6.04 Å². The molecule has 0 radical (unpaired) electrons. The summed E-state index contributed by atoms with van der Waals surface area (Å²) in [4.78, 5) is 7.19. The number of nitrogens with zero attached hydrogens (tertiary/aromatic N) is 3. The van der Waals surface area contributed by atoms with E-state index >= 15 is 0 Å². The minimum Gasteiger partial charge on any atom is -0.385 e. The highest BCUT2D eigenvalue weighted by Gasteiger charge is 2.23. The van der Waals surface area contributed by atoms with Gasteiger partial charge in [0, 0.05) is 38.7 Å². The zero-order valence-corrected chi connectivity index (χ0v) is 13.1. The van der Waals surface area contributed by atoms with Crippen LogP contribution in [0.1, 0.15) is 51.3 Å². The van der Waals surface area contributed by atoms with Gasteiger partial charge in [-0.2, -0.15) is 0 Å². The summed E-state index contributed by atoms with van der Waals surface area (Å²) >= 11 is 0. The maximum atomic E-state index is 5.19. The van der Waals surface area contributed by atoms with E-state index in [1.165, 1.54) is 50.9 Å². The number of piperidine rings is 1. The molecule has 1 aromatic rings. The lowest BCUT2D eigenvalue weighted by Crippen LogP contribution is -2.39. The summed E-state index contributed by atoms with van der Waals surface area (Å²) in [5, 5.41) is 0. The van der Waals surface area contributed by atoms with Gasteiger partial charge in [-0.05, 0) is 38.6 Å². The topological polar surface area (TPSA) is 30.3 Å². The molecule has 0 saturated carbocycles. The van der Waals surface area contributed by atoms with Gasteiger partial charge in [-0.1, -0.05) is 13.3 Å². The number of hydrogen-bond acceptors (Lipinski definition) is 3. The van der Waals surface area contributed by atoms with E-state index in [1.54, 1.807) is 7.11 Å². The maximum Gasteiger partial charge on any atom is 0.122 e. The summed E-state index contributed by atoms with van der Waals surface area (Å²) in [6.45, 7) is 6.41. The van der Waals surface area contributed by atoms with Crippen LogP contribution in [0, 0.1) is 0 Å². The third kappa shape index (κ3) is 4.32. The first-order valence-corrected chi connectivity index (χ1v) is 8.08. The van der Waals surface area contributed by atoms with Crippen molar-refractivity contribution >= 4 is 0 Å². The van der Waals surface area contributed by atoms with Crippen LogP contribution < -0.4 is 0 Å². The molecule has 0 N–H and O–H groups in total. The summed E-state index contributed by atoms with van der Waals surface area (Å²) < 4.78 is 7.50. The average Bonchev–Trinajstić information content (AvgIpc) is 2.89. The van der Waals surface area contributed by atoms with Gasteiger partial charge in [0.1, 0.15) is 5.82 Å². The van der Waals surface area contributed by atoms with E-state index < -0.39 is 0 Å². The van der Waals surface area contributed by atoms with Crippen LogP contribution in [0.3, 0.4) is 0 Å². The molecule has 0 aromatic carbocycles. The number of ether oxygens (including phenoxy) is 1. The van der Waals surface area contributed by atoms with Crippen LogP contribution in [0.4, 0.5) is 0 Å². The molecule has 4 nitrogen and oxygen atoms in total. The Morgan fingerprint density at radius 1 is 1.40 bits per heavy atom. The van der Waals surface area contributed by atoms with Crippen molar-refractivity contribution in [1.29, 1.82) is 0 Å². The normalized spacial score (nSPS) is 20.4. The average molecular weight is 279 g/mol. The summed E-state index contributed by atoms with van der Waals surface area (Å²) in [6, 6.07) is 0.714. The third-order valence-corrected chi connectivity index (χ3v) is 4.25. The number of methoxy groups -OCH3 is 1. The molecule has 114 valence electrons. The molecular formula is C16H29N3O. The fourth-order valence-corrected chi connectivity index (χ4v) is 3.18. The SMILES string of the molecule is CCCn1ccnc1CN1CCCC[C@@H]1CCCOC. The molecule has 20 heavy (non-hydrogen) atoms. The molecule has 1 aliphatic heterocycles. The van der Waals surface area contributed by atoms with Crippen LogP contribution in [-0.2, 0) is 17.8 Å². The second-order valence-electron chi connectivity index (χ2n) is 5.79. The quantitative estimate of drug-likeness (QED) is 0.685. The molecule has 1 aliphatic rings. The van der Waals surface area contributed by atoms with Crippen molar-refractivity contribution in [3.05, 3.63) is 18.2 Å². The minimum atomic E-state index is 0.714. The first-order valence-electron chi connectivity index (χ1n) is 8.08. The second kappa shape index (κ2) is 8.42. The molecular weight excluding hydrogens is 250 g/mol. The van der Waals surface area contributed by atoms with Crippen molar-refractivity contribution in [3.63, 3.8) is 0 Å². The Hall–Kier alpha value is -0.870. The van der Waals surface area contributed by atoms with Gasteiger partial charge >= 0.3 is 0 Å². The highest BCUT2D eigenvalue weighted by Crippen LogP contribution is 2.22. The second-order valence-corrected chi connectivity index (χ2v) is 5.79. The first kappa shape index (κ1) is 15.5. The fraction of sp³-hybridized carbons (Fsp3) is 0.812. The van der Waals surface area contributed by atoms with E-state index in [0.717, 1.165) is 19.7 Å². The van der Waals surface area contributed by atoms with Gasteiger partial charge in [0.2, 0.25) is 0 Å². The summed E-state index contributed by atoms with van der Waals surface area (Å²) in [5.41, 5.74) is 0. The Morgan fingerprint density at radius 2 is 2.30 bits per heavy atom. The lowest BCUT2D eigenvalue weighted by Gasteiger charge is -2.35. The predicted molar refractivity (Wildman–Crippen MR) is 81.7 cm³/mol. The van der Waals surface area contributed by atoms with Crippen LogP contribution in [0.2, 0.25) is 0 Å². The zero-order chi connectivity index (χ0) is 14.2. The van der Waals surface area contributed by atoms with Gasteiger partial charge in [-0.15, -0.1) is 0 Å². The van der Waals surface area contributed by atoms with Gasteiger partial charge in [0.05, 0.1) is 6.54 Å². The van der Waals surface area contributed by atoms with Crippen molar-refractivity contribution < 1.29 is 4.74 Å². The number of imidazole rings is 1. The van der Waals surface area contributed by atoms with Gasteiger partial charge in [-0.25, -0.2) is 4.98 Å². The molecule has 0 aliphatic carbocycles. The van der Waals surface area contributed by atoms with Crippen LogP contribution in [0.5, 0.6) is 0 Å². The smallest absolute Gasteiger partial charge is 0.122 e. The zero-order valence-electron chi connectivity index (χ0n) is 13.1. The number of aromatic nitrogens is 2. The Morgan fingerprint density at radius 3 is 3.10 bits per heavy atom. The highest BCUT2D eigenvalue weighted by molar-refractivity contribution is 4.94. The fourth-order valence-electron chi connectivity index (χ4n) is 3.18. The van der Waals surface area contributed by atoms with Crippen molar-refractivity contribution in [2.45, 2.75) is 64.6 Å². The largest absolute Gasteiger partial charge is 0.385 e. The predicted octanol–water partition coefficient (Wildman–Crippen LogP) is 3.07. The molecule has 0 bridgehead atoms. The Kier molecular flexibility index (Phi) is 6.54. The molecule has 0 amide bonds. The van der Waals surface area contributed by atoms with E-state index in [1.807, 2.05) is 6.20 Å². The number of rotatable bonds is 8. The van der Waals surface area contributed by atoms with Crippen LogP contribution in [-0.4, -0.2) is 40.8 Å². The van der Waals surface area contributed by atoms with Crippen molar-refractivity contribution in [2.24, 2.45) is 0 Å². The number of aryl methyl sites for hydroxylation is 1. The lowest BCUT2D eigenvalue weighted by molar-refractivity contribution is 0.113. The van der Waals surface area contributed by atoms with E-state index in [-0.39, 0.29) is 0 Å². The number of hydrogen-bond donors (Lipinski definition) is 0. The Bertz CT molecular complexity index is 378. The Labute approximate surface area is 123 Å². The minimum absolute atomic E-state index is 0.714. The van der Waals surface area contributed by atoms with E-state index in [9.17, 15) is 0 Å². The third-order valence-electron chi connectivity index (χ3n) is 4.25. The summed E-state index contributed by atoms with van der Waals surface area (Å²) in [5.74, 6) is 1.23. The molecule has 1 aromatic heterocycles. The molecule has 1 fully saturated rings. The Balaban J connectivity index is 1.92. The molecule has 0 unspecified atom stereocenters.